The van der Waals surface area contributed by atoms with Crippen molar-refractivity contribution < 1.29 is 19.1 Å². The summed E-state index contributed by atoms with van der Waals surface area (Å²) in [5.74, 6) is 0.0626. The SMILES string of the molecule is COC(=O)C(C)COc1ccc(-c2ccc(C=O)nn2)cc1C. The minimum absolute atomic E-state index is 0.251. The molecule has 0 aliphatic heterocycles. The van der Waals surface area contributed by atoms with Gasteiger partial charge in [0.25, 0.3) is 0 Å². The van der Waals surface area contributed by atoms with Crippen molar-refractivity contribution in [1.29, 1.82) is 0 Å². The van der Waals surface area contributed by atoms with Crippen molar-refractivity contribution in [3.63, 3.8) is 0 Å². The fourth-order valence-electron chi connectivity index (χ4n) is 2.01. The standard InChI is InChI=1S/C17H18N2O4/c1-11-8-13(15-6-5-14(9-20)18-19-15)4-7-16(11)23-10-12(2)17(21)22-3/h4-9,12H,10H2,1-3H3. The third kappa shape index (κ3) is 4.12. The van der Waals surface area contributed by atoms with Crippen LogP contribution in [0.25, 0.3) is 11.3 Å². The summed E-state index contributed by atoms with van der Waals surface area (Å²) in [5, 5.41) is 7.83. The zero-order valence-electron chi connectivity index (χ0n) is 13.3. The number of aryl methyl sites for hydroxylation is 1. The first kappa shape index (κ1) is 16.6. The maximum absolute atomic E-state index is 11.4. The molecule has 1 atom stereocenters. The van der Waals surface area contributed by atoms with Gasteiger partial charge >= 0.3 is 5.97 Å². The number of carbonyl (C=O) groups is 2. The summed E-state index contributed by atoms with van der Waals surface area (Å²) in [6.07, 6.45) is 0.654. The molecule has 1 unspecified atom stereocenters. The molecule has 2 aromatic rings. The van der Waals surface area contributed by atoms with E-state index in [1.54, 1.807) is 19.1 Å². The van der Waals surface area contributed by atoms with E-state index in [4.69, 9.17) is 4.74 Å². The van der Waals surface area contributed by atoms with Crippen molar-refractivity contribution in [2.24, 2.45) is 5.92 Å². The zero-order valence-corrected chi connectivity index (χ0v) is 13.3. The molecule has 120 valence electrons. The van der Waals surface area contributed by atoms with Gasteiger partial charge in [0.05, 0.1) is 18.7 Å². The minimum Gasteiger partial charge on any atom is -0.492 e. The first-order valence-electron chi connectivity index (χ1n) is 7.15. The van der Waals surface area contributed by atoms with Crippen molar-refractivity contribution in [2.45, 2.75) is 13.8 Å². The Labute approximate surface area is 134 Å². The Morgan fingerprint density at radius 1 is 1.26 bits per heavy atom. The number of benzene rings is 1. The van der Waals surface area contributed by atoms with Crippen LogP contribution in [-0.2, 0) is 9.53 Å². The van der Waals surface area contributed by atoms with Crippen LogP contribution < -0.4 is 4.74 Å². The van der Waals surface area contributed by atoms with Crippen molar-refractivity contribution in [3.05, 3.63) is 41.6 Å². The monoisotopic (exact) mass is 314 g/mol. The van der Waals surface area contributed by atoms with Crippen molar-refractivity contribution in [2.75, 3.05) is 13.7 Å². The predicted octanol–water partition coefficient (Wildman–Crippen LogP) is 2.45. The number of carbonyl (C=O) groups excluding carboxylic acids is 2. The number of rotatable bonds is 6. The minimum atomic E-state index is -0.333. The molecular weight excluding hydrogens is 296 g/mol. The van der Waals surface area contributed by atoms with Gasteiger partial charge in [-0.25, -0.2) is 0 Å². The van der Waals surface area contributed by atoms with E-state index in [-0.39, 0.29) is 18.5 Å². The molecule has 0 aliphatic rings. The molecule has 1 aromatic heterocycles. The highest BCUT2D eigenvalue weighted by Gasteiger charge is 2.14. The second-order valence-electron chi connectivity index (χ2n) is 5.18. The molecule has 1 aromatic carbocycles. The molecule has 0 radical (unpaired) electrons. The van der Waals surface area contributed by atoms with Gasteiger partial charge in [0, 0.05) is 5.56 Å². The number of hydrogen-bond donors (Lipinski definition) is 0. The molecule has 0 amide bonds. The Balaban J connectivity index is 2.10. The highest BCUT2D eigenvalue weighted by atomic mass is 16.5. The molecule has 0 fully saturated rings. The first-order chi connectivity index (χ1) is 11.0. The van der Waals surface area contributed by atoms with Crippen molar-refractivity contribution in [3.8, 4) is 17.0 Å². The van der Waals surface area contributed by atoms with E-state index in [9.17, 15) is 9.59 Å². The summed E-state index contributed by atoms with van der Waals surface area (Å²) in [4.78, 5) is 22.0. The summed E-state index contributed by atoms with van der Waals surface area (Å²) in [6.45, 7) is 3.91. The van der Waals surface area contributed by atoms with Gasteiger partial charge in [0.2, 0.25) is 0 Å². The summed E-state index contributed by atoms with van der Waals surface area (Å²) >= 11 is 0. The molecule has 0 aliphatic carbocycles. The first-order valence-corrected chi connectivity index (χ1v) is 7.15. The fourth-order valence-corrected chi connectivity index (χ4v) is 2.01. The van der Waals surface area contributed by atoms with E-state index >= 15 is 0 Å². The van der Waals surface area contributed by atoms with Crippen LogP contribution in [0.5, 0.6) is 5.75 Å². The van der Waals surface area contributed by atoms with Crippen LogP contribution in [0.4, 0.5) is 0 Å². The van der Waals surface area contributed by atoms with Gasteiger partial charge in [-0.05, 0) is 49.7 Å². The van der Waals surface area contributed by atoms with E-state index < -0.39 is 0 Å². The van der Waals surface area contributed by atoms with Gasteiger partial charge in [-0.3, -0.25) is 9.59 Å². The predicted molar refractivity (Wildman–Crippen MR) is 84.3 cm³/mol. The Hall–Kier alpha value is -2.76. The Bertz CT molecular complexity index is 698. The Kier molecular flexibility index (Phi) is 5.41. The lowest BCUT2D eigenvalue weighted by atomic mass is 10.1. The lowest BCUT2D eigenvalue weighted by Crippen LogP contribution is -2.20. The van der Waals surface area contributed by atoms with Gasteiger partial charge in [-0.15, -0.1) is 10.2 Å². The average Bonchev–Trinajstić information content (AvgIpc) is 2.59. The van der Waals surface area contributed by atoms with Crippen LogP contribution in [-0.4, -0.2) is 36.2 Å². The Morgan fingerprint density at radius 2 is 2.04 bits per heavy atom. The van der Waals surface area contributed by atoms with E-state index in [1.807, 2.05) is 25.1 Å². The normalized spacial score (nSPS) is 11.6. The average molecular weight is 314 g/mol. The van der Waals surface area contributed by atoms with E-state index in [2.05, 4.69) is 14.9 Å². The van der Waals surface area contributed by atoms with Gasteiger partial charge in [-0.2, -0.15) is 0 Å². The molecular formula is C17H18N2O4. The van der Waals surface area contributed by atoms with E-state index in [0.717, 1.165) is 11.1 Å². The molecule has 2 rings (SSSR count). The molecule has 6 nitrogen and oxygen atoms in total. The molecule has 0 saturated heterocycles. The van der Waals surface area contributed by atoms with Crippen LogP contribution in [0.15, 0.2) is 30.3 Å². The van der Waals surface area contributed by atoms with Gasteiger partial charge in [0.15, 0.2) is 6.29 Å². The summed E-state index contributed by atoms with van der Waals surface area (Å²) in [6, 6.07) is 8.96. The molecule has 6 heteroatoms. The maximum Gasteiger partial charge on any atom is 0.311 e. The van der Waals surface area contributed by atoms with Gasteiger partial charge < -0.3 is 9.47 Å². The van der Waals surface area contributed by atoms with E-state index in [0.29, 0.717) is 23.4 Å². The second kappa shape index (κ2) is 7.49. The quantitative estimate of drug-likeness (QED) is 0.602. The largest absolute Gasteiger partial charge is 0.492 e. The zero-order chi connectivity index (χ0) is 16.8. The third-order valence-corrected chi connectivity index (χ3v) is 3.37. The maximum atomic E-state index is 11.4. The molecule has 23 heavy (non-hydrogen) atoms. The van der Waals surface area contributed by atoms with Crippen molar-refractivity contribution >= 4 is 12.3 Å². The molecule has 0 saturated carbocycles. The van der Waals surface area contributed by atoms with Crippen LogP contribution in [0.2, 0.25) is 0 Å². The summed E-state index contributed by atoms with van der Waals surface area (Å²) in [7, 11) is 1.36. The highest BCUT2D eigenvalue weighted by Crippen LogP contribution is 2.25. The number of hydrogen-bond acceptors (Lipinski definition) is 6. The number of aromatic nitrogens is 2. The molecule has 0 bridgehead atoms. The van der Waals surface area contributed by atoms with Crippen LogP contribution >= 0.6 is 0 Å². The van der Waals surface area contributed by atoms with Crippen LogP contribution in [0.3, 0.4) is 0 Å². The number of ether oxygens (including phenoxy) is 2. The lowest BCUT2D eigenvalue weighted by Gasteiger charge is -2.13. The smallest absolute Gasteiger partial charge is 0.311 e. The summed E-state index contributed by atoms with van der Waals surface area (Å²) in [5.41, 5.74) is 2.76. The molecule has 1 heterocycles. The highest BCUT2D eigenvalue weighted by molar-refractivity contribution is 5.72. The number of nitrogens with zero attached hydrogens (tertiary/aromatic N) is 2. The van der Waals surface area contributed by atoms with Gasteiger partial charge in [0.1, 0.15) is 18.1 Å². The number of methoxy groups -OCH3 is 1. The topological polar surface area (TPSA) is 78.4 Å². The molecule has 0 spiro atoms. The van der Waals surface area contributed by atoms with Gasteiger partial charge in [-0.1, -0.05) is 0 Å². The lowest BCUT2D eigenvalue weighted by molar-refractivity contribution is -0.145. The summed E-state index contributed by atoms with van der Waals surface area (Å²) < 4.78 is 10.3. The number of aldehydes is 1. The van der Waals surface area contributed by atoms with Crippen LogP contribution in [0, 0.1) is 12.8 Å². The number of esters is 1. The Morgan fingerprint density at radius 3 is 2.61 bits per heavy atom. The fraction of sp³-hybridized carbons (Fsp3) is 0.294. The van der Waals surface area contributed by atoms with Crippen molar-refractivity contribution in [1.82, 2.24) is 10.2 Å². The van der Waals surface area contributed by atoms with E-state index in [1.165, 1.54) is 7.11 Å². The molecule has 0 N–H and O–H groups in total. The second-order valence-corrected chi connectivity index (χ2v) is 5.18. The third-order valence-electron chi connectivity index (χ3n) is 3.37. The van der Waals surface area contributed by atoms with Crippen LogP contribution in [0.1, 0.15) is 23.0 Å².